The SMILES string of the molecule is O=C(O)c1cc(Br)ccc1OC1CCCCC1O. The molecule has 0 radical (unpaired) electrons. The summed E-state index contributed by atoms with van der Waals surface area (Å²) in [6.45, 7) is 0. The smallest absolute Gasteiger partial charge is 0.339 e. The van der Waals surface area contributed by atoms with Gasteiger partial charge in [-0.3, -0.25) is 0 Å². The molecule has 1 aliphatic carbocycles. The van der Waals surface area contributed by atoms with Crippen LogP contribution in [0.4, 0.5) is 0 Å². The molecule has 1 fully saturated rings. The minimum absolute atomic E-state index is 0.113. The number of carbonyl (C=O) groups is 1. The van der Waals surface area contributed by atoms with Crippen molar-refractivity contribution in [1.82, 2.24) is 0 Å². The van der Waals surface area contributed by atoms with E-state index in [-0.39, 0.29) is 11.7 Å². The monoisotopic (exact) mass is 314 g/mol. The van der Waals surface area contributed by atoms with Gasteiger partial charge in [-0.15, -0.1) is 0 Å². The highest BCUT2D eigenvalue weighted by atomic mass is 79.9. The van der Waals surface area contributed by atoms with Gasteiger partial charge in [-0.05, 0) is 37.5 Å². The van der Waals surface area contributed by atoms with E-state index in [1.165, 1.54) is 6.07 Å². The van der Waals surface area contributed by atoms with Crippen LogP contribution >= 0.6 is 15.9 Å². The standard InChI is InChI=1S/C13H15BrO4/c14-8-5-6-11(9(7-8)13(16)17)18-12-4-2-1-3-10(12)15/h5-7,10,12,15H,1-4H2,(H,16,17). The zero-order valence-electron chi connectivity index (χ0n) is 9.80. The topological polar surface area (TPSA) is 66.8 Å². The van der Waals surface area contributed by atoms with Crippen LogP contribution in [0.25, 0.3) is 0 Å². The third-order valence-corrected chi connectivity index (χ3v) is 3.61. The summed E-state index contributed by atoms with van der Waals surface area (Å²) in [5.74, 6) is -0.715. The molecule has 2 unspecified atom stereocenters. The average molecular weight is 315 g/mol. The van der Waals surface area contributed by atoms with Gasteiger partial charge < -0.3 is 14.9 Å². The molecule has 2 atom stereocenters. The molecule has 0 heterocycles. The van der Waals surface area contributed by atoms with Crippen molar-refractivity contribution in [2.45, 2.75) is 37.9 Å². The summed E-state index contributed by atoms with van der Waals surface area (Å²) in [7, 11) is 0. The number of rotatable bonds is 3. The fraction of sp³-hybridized carbons (Fsp3) is 0.462. The molecule has 0 amide bonds. The first-order chi connectivity index (χ1) is 8.58. The zero-order chi connectivity index (χ0) is 13.1. The molecule has 0 aromatic heterocycles. The summed E-state index contributed by atoms with van der Waals surface area (Å²) in [6, 6.07) is 4.86. The normalized spacial score (nSPS) is 23.7. The molecular formula is C13H15BrO4. The van der Waals surface area contributed by atoms with Gasteiger partial charge in [0.2, 0.25) is 0 Å². The lowest BCUT2D eigenvalue weighted by Gasteiger charge is -2.28. The molecule has 0 saturated heterocycles. The van der Waals surface area contributed by atoms with Crippen LogP contribution in [0.2, 0.25) is 0 Å². The zero-order valence-corrected chi connectivity index (χ0v) is 11.4. The van der Waals surface area contributed by atoms with E-state index < -0.39 is 12.1 Å². The van der Waals surface area contributed by atoms with Crippen molar-refractivity contribution in [2.75, 3.05) is 0 Å². The predicted molar refractivity (Wildman–Crippen MR) is 70.0 cm³/mol. The third-order valence-electron chi connectivity index (χ3n) is 3.12. The molecule has 98 valence electrons. The molecular weight excluding hydrogens is 300 g/mol. The van der Waals surface area contributed by atoms with E-state index in [1.807, 2.05) is 0 Å². The molecule has 2 rings (SSSR count). The summed E-state index contributed by atoms with van der Waals surface area (Å²) in [5, 5.41) is 19.0. The molecule has 2 N–H and O–H groups in total. The Morgan fingerprint density at radius 3 is 2.72 bits per heavy atom. The highest BCUT2D eigenvalue weighted by Crippen LogP contribution is 2.28. The Balaban J connectivity index is 2.20. The first-order valence-corrected chi connectivity index (χ1v) is 6.75. The van der Waals surface area contributed by atoms with Crippen LogP contribution < -0.4 is 4.74 Å². The summed E-state index contributed by atoms with van der Waals surface area (Å²) in [5.41, 5.74) is 0.113. The molecule has 1 saturated carbocycles. The molecule has 0 spiro atoms. The number of carboxylic acids is 1. The van der Waals surface area contributed by atoms with Crippen LogP contribution in [-0.4, -0.2) is 28.4 Å². The number of halogens is 1. The van der Waals surface area contributed by atoms with Gasteiger partial charge in [-0.25, -0.2) is 4.79 Å². The fourth-order valence-electron chi connectivity index (χ4n) is 2.15. The van der Waals surface area contributed by atoms with Gasteiger partial charge in [-0.2, -0.15) is 0 Å². The van der Waals surface area contributed by atoms with Crippen LogP contribution in [-0.2, 0) is 0 Å². The number of aromatic carboxylic acids is 1. The quantitative estimate of drug-likeness (QED) is 0.900. The molecule has 4 nitrogen and oxygen atoms in total. The van der Waals surface area contributed by atoms with Crippen molar-refractivity contribution >= 4 is 21.9 Å². The van der Waals surface area contributed by atoms with E-state index >= 15 is 0 Å². The van der Waals surface area contributed by atoms with Crippen molar-refractivity contribution in [3.8, 4) is 5.75 Å². The second-order valence-corrected chi connectivity index (χ2v) is 5.37. The number of aliphatic hydroxyl groups excluding tert-OH is 1. The number of hydrogen-bond donors (Lipinski definition) is 2. The second kappa shape index (κ2) is 5.71. The Morgan fingerprint density at radius 2 is 2.06 bits per heavy atom. The van der Waals surface area contributed by atoms with E-state index in [0.717, 1.165) is 19.3 Å². The summed E-state index contributed by atoms with van der Waals surface area (Å²) in [6.07, 6.45) is 2.65. The molecule has 0 bridgehead atoms. The van der Waals surface area contributed by atoms with Gasteiger partial charge in [0.1, 0.15) is 17.4 Å². The van der Waals surface area contributed by atoms with Gasteiger partial charge >= 0.3 is 5.97 Å². The van der Waals surface area contributed by atoms with Crippen LogP contribution in [0, 0.1) is 0 Å². The number of hydrogen-bond acceptors (Lipinski definition) is 3. The average Bonchev–Trinajstić information content (AvgIpc) is 2.34. The van der Waals surface area contributed by atoms with Crippen LogP contribution in [0.1, 0.15) is 36.0 Å². The minimum Gasteiger partial charge on any atom is -0.487 e. The van der Waals surface area contributed by atoms with Crippen molar-refractivity contribution in [1.29, 1.82) is 0 Å². The number of ether oxygens (including phenoxy) is 1. The lowest BCUT2D eigenvalue weighted by molar-refractivity contribution is 0.00605. The summed E-state index contributed by atoms with van der Waals surface area (Å²) in [4.78, 5) is 11.1. The largest absolute Gasteiger partial charge is 0.487 e. The Hall–Kier alpha value is -1.07. The summed E-state index contributed by atoms with van der Waals surface area (Å²) >= 11 is 3.23. The first kappa shape index (κ1) is 13.4. The van der Waals surface area contributed by atoms with Crippen molar-refractivity contribution < 1.29 is 19.7 Å². The van der Waals surface area contributed by atoms with Crippen molar-refractivity contribution in [3.63, 3.8) is 0 Å². The van der Waals surface area contributed by atoms with Crippen LogP contribution in [0.15, 0.2) is 22.7 Å². The maximum Gasteiger partial charge on any atom is 0.339 e. The minimum atomic E-state index is -1.03. The maximum absolute atomic E-state index is 11.1. The molecule has 1 aromatic carbocycles. The van der Waals surface area contributed by atoms with Gasteiger partial charge in [-0.1, -0.05) is 22.4 Å². The van der Waals surface area contributed by atoms with Crippen molar-refractivity contribution in [3.05, 3.63) is 28.2 Å². The number of carboxylic acid groups (broad SMARTS) is 1. The second-order valence-electron chi connectivity index (χ2n) is 4.45. The lowest BCUT2D eigenvalue weighted by Crippen LogP contribution is -2.35. The third kappa shape index (κ3) is 3.03. The molecule has 18 heavy (non-hydrogen) atoms. The Kier molecular flexibility index (Phi) is 4.24. The highest BCUT2D eigenvalue weighted by Gasteiger charge is 2.26. The lowest BCUT2D eigenvalue weighted by atomic mass is 9.95. The maximum atomic E-state index is 11.1. The van der Waals surface area contributed by atoms with Gasteiger partial charge in [0.25, 0.3) is 0 Å². The van der Waals surface area contributed by atoms with Gasteiger partial charge in [0, 0.05) is 4.47 Å². The molecule has 0 aliphatic heterocycles. The molecule has 1 aromatic rings. The van der Waals surface area contributed by atoms with E-state index in [1.54, 1.807) is 12.1 Å². The van der Waals surface area contributed by atoms with Crippen molar-refractivity contribution in [2.24, 2.45) is 0 Å². The number of aliphatic hydroxyl groups is 1. The van der Waals surface area contributed by atoms with E-state index in [4.69, 9.17) is 9.84 Å². The number of benzene rings is 1. The highest BCUT2D eigenvalue weighted by molar-refractivity contribution is 9.10. The first-order valence-electron chi connectivity index (χ1n) is 5.95. The Morgan fingerprint density at radius 1 is 1.33 bits per heavy atom. The van der Waals surface area contributed by atoms with Gasteiger partial charge in [0.05, 0.1) is 6.10 Å². The Bertz CT molecular complexity index is 447. The van der Waals surface area contributed by atoms with E-state index in [2.05, 4.69) is 15.9 Å². The molecule has 5 heteroatoms. The Labute approximate surface area is 114 Å². The fourth-order valence-corrected chi connectivity index (χ4v) is 2.51. The predicted octanol–water partition coefficient (Wildman–Crippen LogP) is 2.83. The molecule has 1 aliphatic rings. The van der Waals surface area contributed by atoms with Crippen LogP contribution in [0.3, 0.4) is 0 Å². The van der Waals surface area contributed by atoms with Gasteiger partial charge in [0.15, 0.2) is 0 Å². The summed E-state index contributed by atoms with van der Waals surface area (Å²) < 4.78 is 6.35. The van der Waals surface area contributed by atoms with E-state index in [0.29, 0.717) is 16.6 Å². The van der Waals surface area contributed by atoms with E-state index in [9.17, 15) is 9.90 Å². The van der Waals surface area contributed by atoms with Crippen LogP contribution in [0.5, 0.6) is 5.75 Å².